The number of thioether (sulfide) groups is 1. The highest BCUT2D eigenvalue weighted by Crippen LogP contribution is 2.21. The van der Waals surface area contributed by atoms with Crippen LogP contribution >= 0.6 is 11.8 Å². The summed E-state index contributed by atoms with van der Waals surface area (Å²) in [6, 6.07) is 6.02. The lowest BCUT2D eigenvalue weighted by Gasteiger charge is -2.31. The molecule has 1 aromatic heterocycles. The van der Waals surface area contributed by atoms with Crippen molar-refractivity contribution < 1.29 is 19.4 Å². The first-order chi connectivity index (χ1) is 12.0. The molecule has 0 radical (unpaired) electrons. The zero-order valence-electron chi connectivity index (χ0n) is 14.0. The number of ether oxygens (including phenoxy) is 1. The summed E-state index contributed by atoms with van der Waals surface area (Å²) in [5, 5.41) is 9.37. The third kappa shape index (κ3) is 4.73. The highest BCUT2D eigenvalue weighted by Gasteiger charge is 2.23. The van der Waals surface area contributed by atoms with E-state index in [2.05, 4.69) is 9.97 Å². The maximum atomic E-state index is 12.3. The van der Waals surface area contributed by atoms with E-state index in [-0.39, 0.29) is 18.6 Å². The predicted octanol–water partition coefficient (Wildman–Crippen LogP) is 2.06. The summed E-state index contributed by atoms with van der Waals surface area (Å²) < 4.78 is 5.29. The summed E-state index contributed by atoms with van der Waals surface area (Å²) in [6.45, 7) is 2.95. The maximum absolute atomic E-state index is 12.3. The van der Waals surface area contributed by atoms with Gasteiger partial charge >= 0.3 is 5.97 Å². The Kier molecular flexibility index (Phi) is 5.60. The van der Waals surface area contributed by atoms with E-state index in [1.165, 1.54) is 11.8 Å². The topological polar surface area (TPSA) is 95.5 Å². The molecular formula is C17H21N3O4S. The molecule has 0 unspecified atom stereocenters. The van der Waals surface area contributed by atoms with Crippen molar-refractivity contribution in [3.63, 3.8) is 0 Å². The molecule has 25 heavy (non-hydrogen) atoms. The van der Waals surface area contributed by atoms with E-state index >= 15 is 0 Å². The number of aromatic nitrogens is 2. The van der Waals surface area contributed by atoms with Gasteiger partial charge in [-0.05, 0) is 37.5 Å². The Morgan fingerprint density at radius 3 is 2.88 bits per heavy atom. The van der Waals surface area contributed by atoms with Gasteiger partial charge in [-0.1, -0.05) is 17.8 Å². The molecule has 1 amide bonds. The van der Waals surface area contributed by atoms with E-state index in [1.54, 1.807) is 4.90 Å². The minimum absolute atomic E-state index is 0.0679. The molecule has 1 aliphatic rings. The fraction of sp³-hybridized carbons (Fsp3) is 0.471. The van der Waals surface area contributed by atoms with Crippen LogP contribution in [0.4, 0.5) is 0 Å². The van der Waals surface area contributed by atoms with Crippen molar-refractivity contribution in [2.24, 2.45) is 0 Å². The van der Waals surface area contributed by atoms with Gasteiger partial charge in [0.2, 0.25) is 5.91 Å². The first-order valence-corrected chi connectivity index (χ1v) is 9.20. The SMILES string of the molecule is Cc1ccc2nc(SCC(=O)N3CCC(OCC(=O)O)CC3)[nH]c2c1. The molecule has 1 aromatic carbocycles. The summed E-state index contributed by atoms with van der Waals surface area (Å²) in [7, 11) is 0. The molecule has 1 fully saturated rings. The number of carbonyl (C=O) groups excluding carboxylic acids is 1. The molecular weight excluding hydrogens is 342 g/mol. The average molecular weight is 363 g/mol. The van der Waals surface area contributed by atoms with E-state index < -0.39 is 5.97 Å². The standard InChI is InChI=1S/C17H21N3O4S/c1-11-2-3-13-14(8-11)19-17(18-13)25-10-15(21)20-6-4-12(5-7-20)24-9-16(22)23/h2-3,8,12H,4-7,9-10H2,1H3,(H,18,19)(H,22,23). The summed E-state index contributed by atoms with van der Waals surface area (Å²) >= 11 is 1.40. The number of aryl methyl sites for hydroxylation is 1. The van der Waals surface area contributed by atoms with Crippen molar-refractivity contribution in [1.29, 1.82) is 0 Å². The summed E-state index contributed by atoms with van der Waals surface area (Å²) in [5.74, 6) is -0.561. The van der Waals surface area contributed by atoms with Crippen LogP contribution in [0.5, 0.6) is 0 Å². The van der Waals surface area contributed by atoms with Gasteiger partial charge in [0.1, 0.15) is 6.61 Å². The highest BCUT2D eigenvalue weighted by molar-refractivity contribution is 7.99. The van der Waals surface area contributed by atoms with Gasteiger partial charge in [0.05, 0.1) is 22.9 Å². The number of likely N-dealkylation sites (tertiary alicyclic amines) is 1. The number of amides is 1. The van der Waals surface area contributed by atoms with Crippen LogP contribution in [-0.4, -0.2) is 63.4 Å². The van der Waals surface area contributed by atoms with E-state index in [0.717, 1.165) is 21.8 Å². The number of nitrogens with zero attached hydrogens (tertiary/aromatic N) is 2. The van der Waals surface area contributed by atoms with Gasteiger partial charge < -0.3 is 19.7 Å². The number of carbonyl (C=O) groups is 2. The smallest absolute Gasteiger partial charge is 0.329 e. The number of fused-ring (bicyclic) bond motifs is 1. The van der Waals surface area contributed by atoms with Gasteiger partial charge in [-0.3, -0.25) is 4.79 Å². The zero-order valence-corrected chi connectivity index (χ0v) is 14.8. The molecule has 1 aliphatic heterocycles. The monoisotopic (exact) mass is 363 g/mol. The number of H-pyrrole nitrogens is 1. The first-order valence-electron chi connectivity index (χ1n) is 8.21. The Labute approximate surface area is 149 Å². The normalized spacial score (nSPS) is 15.6. The molecule has 0 aliphatic carbocycles. The number of hydrogen-bond donors (Lipinski definition) is 2. The second kappa shape index (κ2) is 7.88. The Balaban J connectivity index is 1.47. The number of imidazole rings is 1. The van der Waals surface area contributed by atoms with E-state index in [9.17, 15) is 9.59 Å². The van der Waals surface area contributed by atoms with Crippen LogP contribution < -0.4 is 0 Å². The number of aromatic amines is 1. The molecule has 2 heterocycles. The van der Waals surface area contributed by atoms with Crippen LogP contribution in [0, 0.1) is 6.92 Å². The van der Waals surface area contributed by atoms with Crippen LogP contribution in [0.25, 0.3) is 11.0 Å². The summed E-state index contributed by atoms with van der Waals surface area (Å²) in [5.41, 5.74) is 3.04. The van der Waals surface area contributed by atoms with Crippen LogP contribution in [0.1, 0.15) is 18.4 Å². The van der Waals surface area contributed by atoms with Crippen molar-refractivity contribution in [1.82, 2.24) is 14.9 Å². The van der Waals surface area contributed by atoms with Gasteiger partial charge in [0.15, 0.2) is 5.16 Å². The lowest BCUT2D eigenvalue weighted by atomic mass is 10.1. The molecule has 0 saturated carbocycles. The van der Waals surface area contributed by atoms with Crippen molar-refractivity contribution in [3.05, 3.63) is 23.8 Å². The third-order valence-corrected chi connectivity index (χ3v) is 5.04. The maximum Gasteiger partial charge on any atom is 0.329 e. The van der Waals surface area contributed by atoms with Crippen LogP contribution in [0.15, 0.2) is 23.4 Å². The Morgan fingerprint density at radius 2 is 2.16 bits per heavy atom. The number of piperidine rings is 1. The molecule has 0 atom stereocenters. The molecule has 3 rings (SSSR count). The highest BCUT2D eigenvalue weighted by atomic mass is 32.2. The molecule has 134 valence electrons. The molecule has 1 saturated heterocycles. The van der Waals surface area contributed by atoms with E-state index in [0.29, 0.717) is 31.7 Å². The molecule has 8 heteroatoms. The number of carboxylic acid groups (broad SMARTS) is 1. The lowest BCUT2D eigenvalue weighted by molar-refractivity contribution is -0.146. The average Bonchev–Trinajstić information content (AvgIpc) is 3.00. The molecule has 0 bridgehead atoms. The fourth-order valence-electron chi connectivity index (χ4n) is 2.85. The van der Waals surface area contributed by atoms with E-state index in [4.69, 9.17) is 9.84 Å². The Hall–Kier alpha value is -2.06. The fourth-order valence-corrected chi connectivity index (χ4v) is 3.64. The molecule has 2 N–H and O–H groups in total. The molecule has 0 spiro atoms. The van der Waals surface area contributed by atoms with Gasteiger partial charge in [-0.2, -0.15) is 0 Å². The minimum Gasteiger partial charge on any atom is -0.480 e. The summed E-state index contributed by atoms with van der Waals surface area (Å²) in [4.78, 5) is 32.4. The Bertz CT molecular complexity index is 768. The number of aliphatic carboxylic acids is 1. The van der Waals surface area contributed by atoms with Crippen molar-refractivity contribution in [2.75, 3.05) is 25.4 Å². The predicted molar refractivity (Wildman–Crippen MR) is 94.7 cm³/mol. The quantitative estimate of drug-likeness (QED) is 0.763. The third-order valence-electron chi connectivity index (χ3n) is 4.19. The number of rotatable bonds is 6. The number of benzene rings is 1. The lowest BCUT2D eigenvalue weighted by Crippen LogP contribution is -2.42. The Morgan fingerprint density at radius 1 is 1.40 bits per heavy atom. The molecule has 7 nitrogen and oxygen atoms in total. The van der Waals surface area contributed by atoms with Gasteiger partial charge in [-0.25, -0.2) is 9.78 Å². The first kappa shape index (κ1) is 17.8. The van der Waals surface area contributed by atoms with Gasteiger partial charge in [0, 0.05) is 13.1 Å². The van der Waals surface area contributed by atoms with Gasteiger partial charge in [0.25, 0.3) is 0 Å². The molecule has 2 aromatic rings. The largest absolute Gasteiger partial charge is 0.480 e. The van der Waals surface area contributed by atoms with Gasteiger partial charge in [-0.15, -0.1) is 0 Å². The second-order valence-electron chi connectivity index (χ2n) is 6.14. The number of hydrogen-bond acceptors (Lipinski definition) is 5. The number of carboxylic acids is 1. The number of nitrogens with one attached hydrogen (secondary N) is 1. The van der Waals surface area contributed by atoms with Crippen molar-refractivity contribution in [2.45, 2.75) is 31.0 Å². The van der Waals surface area contributed by atoms with Crippen molar-refractivity contribution >= 4 is 34.7 Å². The van der Waals surface area contributed by atoms with Crippen molar-refractivity contribution in [3.8, 4) is 0 Å². The van der Waals surface area contributed by atoms with Crippen LogP contribution in [0.2, 0.25) is 0 Å². The van der Waals surface area contributed by atoms with E-state index in [1.807, 2.05) is 25.1 Å². The second-order valence-corrected chi connectivity index (χ2v) is 7.10. The van der Waals surface area contributed by atoms with Crippen LogP contribution in [0.3, 0.4) is 0 Å². The minimum atomic E-state index is -0.962. The summed E-state index contributed by atoms with van der Waals surface area (Å²) in [6.07, 6.45) is 1.27. The van der Waals surface area contributed by atoms with Crippen LogP contribution in [-0.2, 0) is 14.3 Å². The zero-order chi connectivity index (χ0) is 17.8.